The van der Waals surface area contributed by atoms with E-state index in [0.29, 0.717) is 12.3 Å². The molecule has 2 rings (SSSR count). The molecule has 0 aliphatic rings. The highest BCUT2D eigenvalue weighted by atomic mass is 32.1. The van der Waals surface area contributed by atoms with Gasteiger partial charge in [0.2, 0.25) is 0 Å². The Bertz CT molecular complexity index is 570. The monoisotopic (exact) mass is 291 g/mol. The van der Waals surface area contributed by atoms with Gasteiger partial charge in [0, 0.05) is 11.3 Å². The molecule has 0 spiro atoms. The first kappa shape index (κ1) is 14.5. The van der Waals surface area contributed by atoms with Gasteiger partial charge in [0.15, 0.2) is 0 Å². The van der Waals surface area contributed by atoms with Crippen LogP contribution in [0.25, 0.3) is 10.6 Å². The van der Waals surface area contributed by atoms with Crippen molar-refractivity contribution in [1.29, 1.82) is 0 Å². The molecule has 106 valence electrons. The van der Waals surface area contributed by atoms with Crippen LogP contribution in [0.1, 0.15) is 20.3 Å². The van der Waals surface area contributed by atoms with Gasteiger partial charge in [-0.3, -0.25) is 0 Å². The van der Waals surface area contributed by atoms with Gasteiger partial charge in [0.25, 0.3) is 0 Å². The molecule has 0 amide bonds. The Morgan fingerprint density at radius 3 is 2.85 bits per heavy atom. The SMILES string of the molecule is CC(C)CC(Nc1cccc(-c2nncs2)c1)C(=O)O. The lowest BCUT2D eigenvalue weighted by atomic mass is 10.0. The van der Waals surface area contributed by atoms with E-state index in [1.165, 1.54) is 11.3 Å². The average molecular weight is 291 g/mol. The second-order valence-electron chi connectivity index (χ2n) is 4.99. The molecule has 2 aromatic rings. The van der Waals surface area contributed by atoms with Gasteiger partial charge in [-0.05, 0) is 24.5 Å². The second-order valence-corrected chi connectivity index (χ2v) is 5.82. The van der Waals surface area contributed by atoms with Gasteiger partial charge in [-0.25, -0.2) is 4.79 Å². The third kappa shape index (κ3) is 3.77. The first-order valence-electron chi connectivity index (χ1n) is 6.42. The lowest BCUT2D eigenvalue weighted by Gasteiger charge is -2.18. The summed E-state index contributed by atoms with van der Waals surface area (Å²) in [7, 11) is 0. The maximum absolute atomic E-state index is 11.3. The Balaban J connectivity index is 2.16. The number of nitrogens with one attached hydrogen (secondary N) is 1. The number of carbonyl (C=O) groups is 1. The third-order valence-corrected chi connectivity index (χ3v) is 3.56. The molecule has 2 N–H and O–H groups in total. The minimum absolute atomic E-state index is 0.315. The van der Waals surface area contributed by atoms with Gasteiger partial charge >= 0.3 is 5.97 Å². The molecular weight excluding hydrogens is 274 g/mol. The molecule has 20 heavy (non-hydrogen) atoms. The zero-order valence-electron chi connectivity index (χ0n) is 11.4. The van der Waals surface area contributed by atoms with Crippen molar-refractivity contribution in [2.75, 3.05) is 5.32 Å². The summed E-state index contributed by atoms with van der Waals surface area (Å²) in [5, 5.41) is 21.0. The number of anilines is 1. The van der Waals surface area contributed by atoms with Gasteiger partial charge in [0.05, 0.1) is 0 Å². The fourth-order valence-corrected chi connectivity index (χ4v) is 2.49. The first-order valence-corrected chi connectivity index (χ1v) is 7.30. The predicted molar refractivity (Wildman–Crippen MR) is 79.8 cm³/mol. The topological polar surface area (TPSA) is 75.1 Å². The summed E-state index contributed by atoms with van der Waals surface area (Å²) in [6, 6.07) is 6.99. The Hall–Kier alpha value is -1.95. The van der Waals surface area contributed by atoms with Crippen molar-refractivity contribution in [3.05, 3.63) is 29.8 Å². The highest BCUT2D eigenvalue weighted by Crippen LogP contribution is 2.24. The van der Waals surface area contributed by atoms with Gasteiger partial charge in [-0.15, -0.1) is 10.2 Å². The van der Waals surface area contributed by atoms with Crippen LogP contribution in [0, 0.1) is 5.92 Å². The van der Waals surface area contributed by atoms with Crippen molar-refractivity contribution in [2.45, 2.75) is 26.3 Å². The van der Waals surface area contributed by atoms with Gasteiger partial charge < -0.3 is 10.4 Å². The number of nitrogens with zero attached hydrogens (tertiary/aromatic N) is 2. The van der Waals surface area contributed by atoms with E-state index in [1.54, 1.807) is 5.51 Å². The standard InChI is InChI=1S/C14H17N3O2S/c1-9(2)6-12(14(18)19)16-11-5-3-4-10(7-11)13-17-15-8-20-13/h3-5,7-9,12,16H,6H2,1-2H3,(H,18,19). The lowest BCUT2D eigenvalue weighted by molar-refractivity contribution is -0.138. The van der Waals surface area contributed by atoms with E-state index in [9.17, 15) is 9.90 Å². The van der Waals surface area contributed by atoms with Crippen molar-refractivity contribution < 1.29 is 9.90 Å². The summed E-state index contributed by atoms with van der Waals surface area (Å²) in [5.41, 5.74) is 3.39. The van der Waals surface area contributed by atoms with Gasteiger partial charge in [-0.1, -0.05) is 37.3 Å². The molecular formula is C14H17N3O2S. The number of carboxylic acid groups (broad SMARTS) is 1. The van der Waals surface area contributed by atoms with Crippen LogP contribution in [0.2, 0.25) is 0 Å². The van der Waals surface area contributed by atoms with Crippen LogP contribution in [0.5, 0.6) is 0 Å². The van der Waals surface area contributed by atoms with Crippen LogP contribution >= 0.6 is 11.3 Å². The van der Waals surface area contributed by atoms with E-state index >= 15 is 0 Å². The fraction of sp³-hybridized carbons (Fsp3) is 0.357. The lowest BCUT2D eigenvalue weighted by Crippen LogP contribution is -2.30. The Labute approximate surface area is 121 Å². The van der Waals surface area contributed by atoms with E-state index in [0.717, 1.165) is 16.3 Å². The van der Waals surface area contributed by atoms with E-state index in [1.807, 2.05) is 38.1 Å². The molecule has 1 aromatic carbocycles. The number of carboxylic acids is 1. The van der Waals surface area contributed by atoms with E-state index < -0.39 is 12.0 Å². The van der Waals surface area contributed by atoms with Gasteiger partial charge in [-0.2, -0.15) is 0 Å². The molecule has 5 nitrogen and oxygen atoms in total. The minimum atomic E-state index is -0.833. The number of benzene rings is 1. The number of aliphatic carboxylic acids is 1. The summed E-state index contributed by atoms with van der Waals surface area (Å²) < 4.78 is 0. The molecule has 1 atom stereocenters. The van der Waals surface area contributed by atoms with Crippen LogP contribution in [0.3, 0.4) is 0 Å². The van der Waals surface area contributed by atoms with Crippen molar-refractivity contribution in [1.82, 2.24) is 10.2 Å². The van der Waals surface area contributed by atoms with E-state index in [2.05, 4.69) is 15.5 Å². The van der Waals surface area contributed by atoms with Crippen molar-refractivity contribution in [2.24, 2.45) is 5.92 Å². The van der Waals surface area contributed by atoms with Crippen LogP contribution < -0.4 is 5.32 Å². The Morgan fingerprint density at radius 2 is 2.25 bits per heavy atom. The number of aromatic nitrogens is 2. The zero-order valence-corrected chi connectivity index (χ0v) is 12.2. The maximum Gasteiger partial charge on any atom is 0.326 e. The highest BCUT2D eigenvalue weighted by Gasteiger charge is 2.18. The molecule has 0 radical (unpaired) electrons. The van der Waals surface area contributed by atoms with Crippen LogP contribution in [0.15, 0.2) is 29.8 Å². The molecule has 0 aliphatic heterocycles. The van der Waals surface area contributed by atoms with Crippen molar-refractivity contribution in [3.63, 3.8) is 0 Å². The highest BCUT2D eigenvalue weighted by molar-refractivity contribution is 7.12. The summed E-state index contributed by atoms with van der Waals surface area (Å²) in [6.07, 6.45) is 0.582. The van der Waals surface area contributed by atoms with Crippen molar-refractivity contribution >= 4 is 23.0 Å². The summed E-state index contributed by atoms with van der Waals surface area (Å²) in [5.74, 6) is -0.519. The zero-order chi connectivity index (χ0) is 14.5. The number of hydrogen-bond donors (Lipinski definition) is 2. The minimum Gasteiger partial charge on any atom is -0.480 e. The molecule has 0 fully saturated rings. The molecule has 0 saturated carbocycles. The van der Waals surface area contributed by atoms with E-state index in [4.69, 9.17) is 0 Å². The van der Waals surface area contributed by atoms with Gasteiger partial charge in [0.1, 0.15) is 16.6 Å². The molecule has 0 aliphatic carbocycles. The van der Waals surface area contributed by atoms with E-state index in [-0.39, 0.29) is 0 Å². The van der Waals surface area contributed by atoms with Crippen LogP contribution in [0.4, 0.5) is 5.69 Å². The quantitative estimate of drug-likeness (QED) is 0.855. The molecule has 1 heterocycles. The summed E-state index contributed by atoms with van der Waals surface area (Å²) in [6.45, 7) is 4.02. The maximum atomic E-state index is 11.3. The Morgan fingerprint density at radius 1 is 1.45 bits per heavy atom. The van der Waals surface area contributed by atoms with Crippen LogP contribution in [-0.2, 0) is 4.79 Å². The number of rotatable bonds is 6. The fourth-order valence-electron chi connectivity index (χ4n) is 1.93. The second kappa shape index (κ2) is 6.47. The molecule has 0 saturated heterocycles. The number of hydrogen-bond acceptors (Lipinski definition) is 5. The summed E-state index contributed by atoms with van der Waals surface area (Å²) in [4.78, 5) is 11.3. The summed E-state index contributed by atoms with van der Waals surface area (Å²) >= 11 is 1.45. The molecule has 6 heteroatoms. The normalized spacial score (nSPS) is 12.3. The molecule has 0 bridgehead atoms. The largest absolute Gasteiger partial charge is 0.480 e. The average Bonchev–Trinajstić information content (AvgIpc) is 2.91. The smallest absolute Gasteiger partial charge is 0.326 e. The third-order valence-electron chi connectivity index (χ3n) is 2.82. The van der Waals surface area contributed by atoms with Crippen molar-refractivity contribution in [3.8, 4) is 10.6 Å². The van der Waals surface area contributed by atoms with Crippen LogP contribution in [-0.4, -0.2) is 27.3 Å². The molecule has 1 aromatic heterocycles. The molecule has 1 unspecified atom stereocenters. The first-order chi connectivity index (χ1) is 9.56. The predicted octanol–water partition coefficient (Wildman–Crippen LogP) is 3.12. The Kier molecular flexibility index (Phi) is 4.68.